The van der Waals surface area contributed by atoms with Crippen LogP contribution in [-0.2, 0) is 11.3 Å². The molecule has 1 saturated carbocycles. The minimum atomic E-state index is 0.109. The van der Waals surface area contributed by atoms with E-state index in [4.69, 9.17) is 0 Å². The maximum absolute atomic E-state index is 12.5. The number of hydrogen-bond donors (Lipinski definition) is 0. The summed E-state index contributed by atoms with van der Waals surface area (Å²) in [7, 11) is 1.90. The van der Waals surface area contributed by atoms with Crippen LogP contribution in [0.2, 0.25) is 0 Å². The van der Waals surface area contributed by atoms with E-state index in [1.165, 1.54) is 0 Å². The highest BCUT2D eigenvalue weighted by molar-refractivity contribution is 9.10. The van der Waals surface area contributed by atoms with Crippen molar-refractivity contribution >= 4 is 21.8 Å². The van der Waals surface area contributed by atoms with Crippen LogP contribution in [0.4, 0.5) is 0 Å². The number of hydrogen-bond acceptors (Lipinski definition) is 1. The number of amides is 1. The molecule has 3 heteroatoms. The fraction of sp³-hybridized carbons (Fsp3) is 0.562. The fourth-order valence-electron chi connectivity index (χ4n) is 2.98. The molecule has 0 N–H and O–H groups in total. The molecule has 1 aliphatic carbocycles. The number of carbonyl (C=O) groups is 1. The Kier molecular flexibility index (Phi) is 3.54. The third-order valence-electron chi connectivity index (χ3n) is 4.98. The van der Waals surface area contributed by atoms with Crippen LogP contribution >= 0.6 is 15.9 Å². The van der Waals surface area contributed by atoms with Crippen molar-refractivity contribution in [3.05, 3.63) is 34.3 Å². The van der Waals surface area contributed by atoms with Crippen molar-refractivity contribution in [2.45, 2.75) is 34.2 Å². The van der Waals surface area contributed by atoms with Gasteiger partial charge in [0.2, 0.25) is 5.91 Å². The van der Waals surface area contributed by atoms with E-state index in [-0.39, 0.29) is 22.7 Å². The lowest BCUT2D eigenvalue weighted by Gasteiger charge is -2.18. The largest absolute Gasteiger partial charge is 0.341 e. The minimum absolute atomic E-state index is 0.109. The molecule has 0 spiro atoms. The Morgan fingerprint density at radius 1 is 1.16 bits per heavy atom. The van der Waals surface area contributed by atoms with Crippen LogP contribution in [0.5, 0.6) is 0 Å². The molecule has 1 aromatic rings. The SMILES string of the molecule is CN(Cc1ccc(Br)cc1)C(=O)C1C(C)(C)C1(C)C. The van der Waals surface area contributed by atoms with Gasteiger partial charge in [-0.25, -0.2) is 0 Å². The van der Waals surface area contributed by atoms with Gasteiger partial charge in [0.1, 0.15) is 0 Å². The van der Waals surface area contributed by atoms with Crippen molar-refractivity contribution in [1.82, 2.24) is 4.90 Å². The molecular formula is C16H22BrNO. The van der Waals surface area contributed by atoms with E-state index in [1.807, 2.05) is 24.1 Å². The van der Waals surface area contributed by atoms with E-state index in [0.717, 1.165) is 10.0 Å². The number of halogens is 1. The van der Waals surface area contributed by atoms with Crippen molar-refractivity contribution in [3.63, 3.8) is 0 Å². The molecule has 1 aromatic carbocycles. The quantitative estimate of drug-likeness (QED) is 0.820. The predicted molar refractivity (Wildman–Crippen MR) is 81.7 cm³/mol. The van der Waals surface area contributed by atoms with Gasteiger partial charge in [0.05, 0.1) is 0 Å². The Morgan fingerprint density at radius 3 is 2.05 bits per heavy atom. The Hall–Kier alpha value is -0.830. The monoisotopic (exact) mass is 323 g/mol. The van der Waals surface area contributed by atoms with Gasteiger partial charge in [0.15, 0.2) is 0 Å². The summed E-state index contributed by atoms with van der Waals surface area (Å²) < 4.78 is 1.06. The van der Waals surface area contributed by atoms with Gasteiger partial charge < -0.3 is 4.90 Å². The second-order valence-corrected chi connectivity index (χ2v) is 7.61. The van der Waals surface area contributed by atoms with Crippen molar-refractivity contribution in [1.29, 1.82) is 0 Å². The van der Waals surface area contributed by atoms with Gasteiger partial charge in [-0.05, 0) is 28.5 Å². The standard InChI is InChI=1S/C16H22BrNO/c1-15(2)13(16(15,3)4)14(19)18(5)10-11-6-8-12(17)9-7-11/h6-9,13H,10H2,1-5H3. The van der Waals surface area contributed by atoms with Crippen LogP contribution in [0.15, 0.2) is 28.7 Å². The Balaban J connectivity index is 2.04. The van der Waals surface area contributed by atoms with E-state index in [2.05, 4.69) is 55.8 Å². The molecule has 2 nitrogen and oxygen atoms in total. The van der Waals surface area contributed by atoms with Crippen LogP contribution in [0, 0.1) is 16.7 Å². The van der Waals surface area contributed by atoms with Crippen LogP contribution in [0.3, 0.4) is 0 Å². The first-order valence-corrected chi connectivity index (χ1v) is 7.46. The molecule has 0 heterocycles. The first-order chi connectivity index (χ1) is 8.68. The smallest absolute Gasteiger partial charge is 0.226 e. The molecule has 1 aliphatic rings. The summed E-state index contributed by atoms with van der Waals surface area (Å²) in [5, 5.41) is 0. The molecule has 1 fully saturated rings. The normalized spacial score (nSPS) is 20.1. The molecule has 0 radical (unpaired) electrons. The van der Waals surface area contributed by atoms with E-state index < -0.39 is 0 Å². The van der Waals surface area contributed by atoms with Gasteiger partial charge in [-0.1, -0.05) is 55.8 Å². The average molecular weight is 324 g/mol. The molecule has 2 rings (SSSR count). The summed E-state index contributed by atoms with van der Waals surface area (Å²) in [6.45, 7) is 9.41. The van der Waals surface area contributed by atoms with Gasteiger partial charge in [0.25, 0.3) is 0 Å². The number of carbonyl (C=O) groups excluding carboxylic acids is 1. The number of benzene rings is 1. The lowest BCUT2D eigenvalue weighted by molar-refractivity contribution is -0.133. The molecule has 0 saturated heterocycles. The summed E-state index contributed by atoms with van der Waals surface area (Å²) in [5.41, 5.74) is 1.38. The van der Waals surface area contributed by atoms with Crippen molar-refractivity contribution in [2.75, 3.05) is 7.05 Å². The third kappa shape index (κ3) is 2.45. The zero-order valence-electron chi connectivity index (χ0n) is 12.3. The summed E-state index contributed by atoms with van der Waals surface area (Å²) in [4.78, 5) is 14.4. The number of nitrogens with zero attached hydrogens (tertiary/aromatic N) is 1. The minimum Gasteiger partial charge on any atom is -0.341 e. The van der Waals surface area contributed by atoms with Gasteiger partial charge in [-0.3, -0.25) is 4.79 Å². The maximum Gasteiger partial charge on any atom is 0.226 e. The highest BCUT2D eigenvalue weighted by Gasteiger charge is 2.68. The van der Waals surface area contributed by atoms with E-state index in [1.54, 1.807) is 0 Å². The third-order valence-corrected chi connectivity index (χ3v) is 5.51. The molecular weight excluding hydrogens is 302 g/mol. The fourth-order valence-corrected chi connectivity index (χ4v) is 3.24. The first-order valence-electron chi connectivity index (χ1n) is 6.67. The first kappa shape index (κ1) is 14.6. The maximum atomic E-state index is 12.5. The molecule has 0 aromatic heterocycles. The van der Waals surface area contributed by atoms with E-state index >= 15 is 0 Å². The second-order valence-electron chi connectivity index (χ2n) is 6.70. The molecule has 0 atom stereocenters. The summed E-state index contributed by atoms with van der Waals surface area (Å²) >= 11 is 3.42. The van der Waals surface area contributed by atoms with Crippen molar-refractivity contribution < 1.29 is 4.79 Å². The molecule has 0 aliphatic heterocycles. The van der Waals surface area contributed by atoms with Crippen molar-refractivity contribution in [2.24, 2.45) is 16.7 Å². The van der Waals surface area contributed by atoms with Crippen LogP contribution in [-0.4, -0.2) is 17.9 Å². The van der Waals surface area contributed by atoms with E-state index in [0.29, 0.717) is 6.54 Å². The van der Waals surface area contributed by atoms with Gasteiger partial charge >= 0.3 is 0 Å². The Morgan fingerprint density at radius 2 is 1.63 bits per heavy atom. The summed E-state index contributed by atoms with van der Waals surface area (Å²) in [6, 6.07) is 8.13. The summed E-state index contributed by atoms with van der Waals surface area (Å²) in [5.74, 6) is 0.401. The van der Waals surface area contributed by atoms with Gasteiger partial charge in [-0.2, -0.15) is 0 Å². The Labute approximate surface area is 124 Å². The number of rotatable bonds is 3. The molecule has 0 bridgehead atoms. The second kappa shape index (κ2) is 4.62. The van der Waals surface area contributed by atoms with Crippen LogP contribution in [0.1, 0.15) is 33.3 Å². The molecule has 104 valence electrons. The molecule has 1 amide bonds. The zero-order valence-corrected chi connectivity index (χ0v) is 13.9. The lowest BCUT2D eigenvalue weighted by atomic mass is 10.0. The highest BCUT2D eigenvalue weighted by Crippen LogP contribution is 2.68. The predicted octanol–water partition coefficient (Wildman–Crippen LogP) is 4.09. The van der Waals surface area contributed by atoms with Gasteiger partial charge in [-0.15, -0.1) is 0 Å². The lowest BCUT2D eigenvalue weighted by Crippen LogP contribution is -2.29. The van der Waals surface area contributed by atoms with Crippen LogP contribution < -0.4 is 0 Å². The summed E-state index contributed by atoms with van der Waals surface area (Å²) in [6.07, 6.45) is 0. The highest BCUT2D eigenvalue weighted by atomic mass is 79.9. The molecule has 0 unspecified atom stereocenters. The topological polar surface area (TPSA) is 20.3 Å². The van der Waals surface area contributed by atoms with Crippen molar-refractivity contribution in [3.8, 4) is 0 Å². The van der Waals surface area contributed by atoms with Crippen LogP contribution in [0.25, 0.3) is 0 Å². The zero-order chi connectivity index (χ0) is 14.4. The Bertz CT molecular complexity index is 476. The average Bonchev–Trinajstić information content (AvgIpc) is 2.72. The molecule has 19 heavy (non-hydrogen) atoms. The van der Waals surface area contributed by atoms with E-state index in [9.17, 15) is 4.79 Å². The van der Waals surface area contributed by atoms with Gasteiger partial charge in [0, 0.05) is 24.0 Å².